The molecule has 0 spiro atoms. The zero-order valence-electron chi connectivity index (χ0n) is 43.6. The SMILES string of the molecule is CC/C=C\C/C=C\C/C=C\C/C=C\C/C=C\C/C=C\C/C=C\C/C=C\CCCCCCC(=O)OCC(COC(=O)CCCCCCCC)OC(=O)CCCCCCC/C=C\C/C=C\C/C=C\CC. The van der Waals surface area contributed by atoms with Crippen molar-refractivity contribution in [3.05, 3.63) is 134 Å². The molecule has 0 fully saturated rings. The molecule has 0 saturated carbocycles. The van der Waals surface area contributed by atoms with E-state index in [9.17, 15) is 14.4 Å². The quantitative estimate of drug-likeness (QED) is 0.0262. The van der Waals surface area contributed by atoms with E-state index in [1.807, 2.05) is 0 Å². The van der Waals surface area contributed by atoms with Crippen LogP contribution in [0.4, 0.5) is 0 Å². The van der Waals surface area contributed by atoms with Gasteiger partial charge in [-0.2, -0.15) is 0 Å². The zero-order valence-corrected chi connectivity index (χ0v) is 43.6. The van der Waals surface area contributed by atoms with Gasteiger partial charge in [0.25, 0.3) is 0 Å². The number of esters is 3. The van der Waals surface area contributed by atoms with Crippen LogP contribution in [-0.2, 0) is 28.6 Å². The van der Waals surface area contributed by atoms with E-state index in [1.165, 1.54) is 19.3 Å². The maximum Gasteiger partial charge on any atom is 0.306 e. The predicted molar refractivity (Wildman–Crippen MR) is 292 cm³/mol. The fourth-order valence-electron chi connectivity index (χ4n) is 6.88. The Labute approximate surface area is 417 Å². The maximum absolute atomic E-state index is 12.7. The fourth-order valence-corrected chi connectivity index (χ4v) is 6.88. The summed E-state index contributed by atoms with van der Waals surface area (Å²) in [7, 11) is 0. The molecule has 0 radical (unpaired) electrons. The van der Waals surface area contributed by atoms with E-state index in [2.05, 4.69) is 154 Å². The van der Waals surface area contributed by atoms with Gasteiger partial charge >= 0.3 is 17.9 Å². The van der Waals surface area contributed by atoms with Crippen LogP contribution in [0, 0.1) is 0 Å². The third kappa shape index (κ3) is 52.5. The summed E-state index contributed by atoms with van der Waals surface area (Å²) < 4.78 is 16.7. The van der Waals surface area contributed by atoms with Gasteiger partial charge < -0.3 is 14.2 Å². The number of hydrogen-bond donors (Lipinski definition) is 0. The van der Waals surface area contributed by atoms with Crippen molar-refractivity contribution in [2.45, 2.75) is 226 Å². The van der Waals surface area contributed by atoms with Gasteiger partial charge in [-0.05, 0) is 116 Å². The topological polar surface area (TPSA) is 78.9 Å². The van der Waals surface area contributed by atoms with E-state index in [4.69, 9.17) is 14.2 Å². The number of unbranched alkanes of at least 4 members (excludes halogenated alkanes) is 14. The number of ether oxygens (including phenoxy) is 3. The highest BCUT2D eigenvalue weighted by Crippen LogP contribution is 2.13. The number of hydrogen-bond acceptors (Lipinski definition) is 6. The molecule has 0 aromatic carbocycles. The molecule has 0 N–H and O–H groups in total. The fraction of sp³-hybridized carbons (Fsp3) is 0.597. The highest BCUT2D eigenvalue weighted by Gasteiger charge is 2.19. The van der Waals surface area contributed by atoms with Gasteiger partial charge in [-0.15, -0.1) is 0 Å². The van der Waals surface area contributed by atoms with Crippen molar-refractivity contribution in [1.82, 2.24) is 0 Å². The summed E-state index contributed by atoms with van der Waals surface area (Å²) in [4.78, 5) is 37.8. The lowest BCUT2D eigenvalue weighted by atomic mass is 10.1. The standard InChI is InChI=1S/C62H98O6/c1-4-7-10-13-16-18-20-22-24-25-26-27-28-29-30-31-32-33-34-35-36-37-39-40-42-44-46-49-52-55-61(64)67-58-59(57-66-60(63)54-51-48-15-12-9-6-3)68-62(65)56-53-50-47-45-43-41-38-23-21-19-17-14-11-8-5-2/h7-8,10-11,16-19,22-24,26-27,29-30,32-33,35-36,38-40,59H,4-6,9,12-15,20-21,25,28,31,34,37,41-58H2,1-3H3/b10-7-,11-8-,18-16-,19-17-,24-22-,27-26-,30-29-,33-32-,36-35-,38-23-,40-39-. The Kier molecular flexibility index (Phi) is 51.5. The van der Waals surface area contributed by atoms with Crippen LogP contribution >= 0.6 is 0 Å². The molecule has 1 atom stereocenters. The summed E-state index contributed by atoms with van der Waals surface area (Å²) in [6, 6.07) is 0. The lowest BCUT2D eigenvalue weighted by Gasteiger charge is -2.18. The minimum absolute atomic E-state index is 0.0975. The van der Waals surface area contributed by atoms with Crippen molar-refractivity contribution in [3.8, 4) is 0 Å². The van der Waals surface area contributed by atoms with Crippen LogP contribution in [0.15, 0.2) is 134 Å². The molecule has 0 aliphatic carbocycles. The second-order valence-corrected chi connectivity index (χ2v) is 17.4. The molecule has 382 valence electrons. The zero-order chi connectivity index (χ0) is 49.3. The number of carbonyl (C=O) groups is 3. The second kappa shape index (κ2) is 55.1. The first-order valence-corrected chi connectivity index (χ1v) is 27.2. The summed E-state index contributed by atoms with van der Waals surface area (Å²) in [6.07, 6.45) is 77.6. The van der Waals surface area contributed by atoms with Gasteiger partial charge in [-0.3, -0.25) is 14.4 Å². The average Bonchev–Trinajstić information content (AvgIpc) is 3.34. The van der Waals surface area contributed by atoms with Gasteiger partial charge in [0.05, 0.1) is 0 Å². The van der Waals surface area contributed by atoms with Gasteiger partial charge in [0.1, 0.15) is 13.2 Å². The first-order valence-electron chi connectivity index (χ1n) is 27.2. The summed E-state index contributed by atoms with van der Waals surface area (Å²) >= 11 is 0. The van der Waals surface area contributed by atoms with Crippen molar-refractivity contribution in [3.63, 3.8) is 0 Å². The normalized spacial score (nSPS) is 13.2. The molecule has 1 unspecified atom stereocenters. The summed E-state index contributed by atoms with van der Waals surface area (Å²) in [6.45, 7) is 6.29. The van der Waals surface area contributed by atoms with E-state index in [0.717, 1.165) is 161 Å². The minimum Gasteiger partial charge on any atom is -0.462 e. The average molecular weight is 939 g/mol. The first-order chi connectivity index (χ1) is 33.5. The Morgan fingerprint density at radius 2 is 0.574 bits per heavy atom. The number of allylic oxidation sites excluding steroid dienone is 22. The molecule has 0 aliphatic heterocycles. The summed E-state index contributed by atoms with van der Waals surface area (Å²) in [5.41, 5.74) is 0. The van der Waals surface area contributed by atoms with Gasteiger partial charge in [-0.25, -0.2) is 0 Å². The third-order valence-corrected chi connectivity index (χ3v) is 10.9. The molecule has 0 heterocycles. The second-order valence-electron chi connectivity index (χ2n) is 17.4. The van der Waals surface area contributed by atoms with E-state index in [0.29, 0.717) is 19.3 Å². The highest BCUT2D eigenvalue weighted by molar-refractivity contribution is 5.71. The molecular weight excluding hydrogens is 841 g/mol. The molecule has 6 heteroatoms. The Morgan fingerprint density at radius 3 is 0.897 bits per heavy atom. The predicted octanol–water partition coefficient (Wildman–Crippen LogP) is 18.3. The van der Waals surface area contributed by atoms with Crippen LogP contribution in [0.1, 0.15) is 220 Å². The van der Waals surface area contributed by atoms with Gasteiger partial charge in [0.2, 0.25) is 0 Å². The molecule has 0 rings (SSSR count). The van der Waals surface area contributed by atoms with Crippen LogP contribution in [0.3, 0.4) is 0 Å². The molecule has 0 bridgehead atoms. The minimum atomic E-state index is -0.798. The van der Waals surface area contributed by atoms with Crippen LogP contribution in [-0.4, -0.2) is 37.2 Å². The van der Waals surface area contributed by atoms with E-state index >= 15 is 0 Å². The summed E-state index contributed by atoms with van der Waals surface area (Å²) in [5.74, 6) is -0.960. The van der Waals surface area contributed by atoms with Crippen molar-refractivity contribution in [1.29, 1.82) is 0 Å². The van der Waals surface area contributed by atoms with E-state index in [-0.39, 0.29) is 31.1 Å². The molecule has 6 nitrogen and oxygen atoms in total. The first kappa shape index (κ1) is 63.5. The Hall–Kier alpha value is -4.45. The van der Waals surface area contributed by atoms with E-state index in [1.54, 1.807) is 0 Å². The van der Waals surface area contributed by atoms with Gasteiger partial charge in [0, 0.05) is 19.3 Å². The largest absolute Gasteiger partial charge is 0.462 e. The third-order valence-electron chi connectivity index (χ3n) is 10.9. The molecule has 0 aromatic rings. The number of rotatable bonds is 47. The highest BCUT2D eigenvalue weighted by atomic mass is 16.6. The molecule has 0 saturated heterocycles. The Bertz CT molecular complexity index is 1500. The van der Waals surface area contributed by atoms with Crippen molar-refractivity contribution < 1.29 is 28.6 Å². The summed E-state index contributed by atoms with van der Waals surface area (Å²) in [5, 5.41) is 0. The molecule has 68 heavy (non-hydrogen) atoms. The molecule has 0 aromatic heterocycles. The molecule has 0 amide bonds. The van der Waals surface area contributed by atoms with Crippen LogP contribution in [0.25, 0.3) is 0 Å². The maximum atomic E-state index is 12.7. The lowest BCUT2D eigenvalue weighted by molar-refractivity contribution is -0.167. The van der Waals surface area contributed by atoms with Crippen LogP contribution < -0.4 is 0 Å². The Morgan fingerprint density at radius 1 is 0.309 bits per heavy atom. The smallest absolute Gasteiger partial charge is 0.306 e. The van der Waals surface area contributed by atoms with Crippen LogP contribution in [0.5, 0.6) is 0 Å². The molecular formula is C62H98O6. The lowest BCUT2D eigenvalue weighted by Crippen LogP contribution is -2.30. The van der Waals surface area contributed by atoms with Crippen molar-refractivity contribution in [2.75, 3.05) is 13.2 Å². The van der Waals surface area contributed by atoms with Crippen molar-refractivity contribution in [2.24, 2.45) is 0 Å². The number of carbonyl (C=O) groups excluding carboxylic acids is 3. The Balaban J connectivity index is 4.25. The van der Waals surface area contributed by atoms with Crippen LogP contribution in [0.2, 0.25) is 0 Å². The van der Waals surface area contributed by atoms with E-state index < -0.39 is 6.10 Å². The monoisotopic (exact) mass is 939 g/mol. The van der Waals surface area contributed by atoms with Crippen molar-refractivity contribution >= 4 is 17.9 Å². The van der Waals surface area contributed by atoms with Gasteiger partial charge in [-0.1, -0.05) is 219 Å². The van der Waals surface area contributed by atoms with Gasteiger partial charge in [0.15, 0.2) is 6.10 Å². The molecule has 0 aliphatic rings.